The van der Waals surface area contributed by atoms with Crippen molar-refractivity contribution >= 4 is 5.91 Å². The minimum atomic E-state index is 0.217. The van der Waals surface area contributed by atoms with Gasteiger partial charge in [-0.1, -0.05) is 18.2 Å². The lowest BCUT2D eigenvalue weighted by Gasteiger charge is -2.16. The average Bonchev–Trinajstić information content (AvgIpc) is 3.02. The molecule has 1 atom stereocenters. The van der Waals surface area contributed by atoms with Crippen molar-refractivity contribution in [3.8, 4) is 11.5 Å². The van der Waals surface area contributed by atoms with Crippen molar-refractivity contribution in [1.82, 2.24) is 4.90 Å². The number of likely N-dealkylation sites (tertiary alicyclic amines) is 1. The van der Waals surface area contributed by atoms with Crippen LogP contribution in [0.5, 0.6) is 11.5 Å². The van der Waals surface area contributed by atoms with Crippen LogP contribution in [0.1, 0.15) is 12.0 Å². The van der Waals surface area contributed by atoms with Gasteiger partial charge in [0, 0.05) is 25.4 Å². The van der Waals surface area contributed by atoms with Gasteiger partial charge in [-0.2, -0.15) is 0 Å². The predicted octanol–water partition coefficient (Wildman–Crippen LogP) is 1.99. The lowest BCUT2D eigenvalue weighted by atomic mass is 10.1. The Bertz CT molecular complexity index is 512. The highest BCUT2D eigenvalue weighted by Gasteiger charge is 2.27. The molecule has 0 bridgehead atoms. The van der Waals surface area contributed by atoms with Gasteiger partial charge >= 0.3 is 0 Å². The van der Waals surface area contributed by atoms with E-state index in [2.05, 4.69) is 6.58 Å². The number of carbonyl (C=O) groups is 1. The zero-order valence-corrected chi connectivity index (χ0v) is 10.8. The highest BCUT2D eigenvalue weighted by atomic mass is 16.7. The van der Waals surface area contributed by atoms with Crippen molar-refractivity contribution in [3.63, 3.8) is 0 Å². The zero-order chi connectivity index (χ0) is 13.2. The van der Waals surface area contributed by atoms with Gasteiger partial charge in [0.1, 0.15) is 0 Å². The third-order valence-electron chi connectivity index (χ3n) is 3.71. The largest absolute Gasteiger partial charge is 0.454 e. The Morgan fingerprint density at radius 1 is 1.42 bits per heavy atom. The molecule has 4 nitrogen and oxygen atoms in total. The van der Waals surface area contributed by atoms with Crippen LogP contribution in [0.3, 0.4) is 0 Å². The van der Waals surface area contributed by atoms with E-state index < -0.39 is 0 Å². The van der Waals surface area contributed by atoms with Gasteiger partial charge in [-0.05, 0) is 18.1 Å². The number of fused-ring (bicyclic) bond motifs is 1. The molecule has 4 heteroatoms. The summed E-state index contributed by atoms with van der Waals surface area (Å²) < 4.78 is 10.8. The van der Waals surface area contributed by atoms with Crippen LogP contribution in [0, 0.1) is 5.92 Å². The number of amides is 1. The standard InChI is InChI=1S/C15H17NO3/c1-2-11-8-14(17)16(9-11)7-6-12-4-3-5-13-15(12)19-10-18-13/h2-5,11H,1,6-10H2. The molecule has 0 saturated carbocycles. The van der Waals surface area contributed by atoms with Gasteiger partial charge in [0.05, 0.1) is 0 Å². The highest BCUT2D eigenvalue weighted by molar-refractivity contribution is 5.79. The van der Waals surface area contributed by atoms with Crippen LogP contribution in [0.2, 0.25) is 0 Å². The monoisotopic (exact) mass is 259 g/mol. The third kappa shape index (κ3) is 2.30. The van der Waals surface area contributed by atoms with Gasteiger partial charge < -0.3 is 14.4 Å². The molecule has 1 amide bonds. The number of para-hydroxylation sites is 1. The Balaban J connectivity index is 1.66. The molecule has 100 valence electrons. The molecule has 1 fully saturated rings. The molecule has 1 unspecified atom stereocenters. The molecule has 0 N–H and O–H groups in total. The number of ether oxygens (including phenoxy) is 2. The van der Waals surface area contributed by atoms with Crippen LogP contribution >= 0.6 is 0 Å². The van der Waals surface area contributed by atoms with E-state index in [9.17, 15) is 4.79 Å². The summed E-state index contributed by atoms with van der Waals surface area (Å²) in [6.07, 6.45) is 3.26. The lowest BCUT2D eigenvalue weighted by molar-refractivity contribution is -0.127. The smallest absolute Gasteiger partial charge is 0.231 e. The normalized spacial score (nSPS) is 20.9. The van der Waals surface area contributed by atoms with Crippen LogP contribution in [0.25, 0.3) is 0 Å². The van der Waals surface area contributed by atoms with E-state index >= 15 is 0 Å². The maximum absolute atomic E-state index is 11.8. The molecule has 3 rings (SSSR count). The molecular weight excluding hydrogens is 242 g/mol. The van der Waals surface area contributed by atoms with E-state index in [0.29, 0.717) is 12.3 Å². The minimum Gasteiger partial charge on any atom is -0.454 e. The molecule has 2 heterocycles. The van der Waals surface area contributed by atoms with Crippen molar-refractivity contribution in [3.05, 3.63) is 36.4 Å². The van der Waals surface area contributed by atoms with Crippen LogP contribution in [0.4, 0.5) is 0 Å². The van der Waals surface area contributed by atoms with Gasteiger partial charge in [0.2, 0.25) is 12.7 Å². The molecule has 1 saturated heterocycles. The van der Waals surface area contributed by atoms with Gasteiger partial charge in [-0.3, -0.25) is 4.79 Å². The highest BCUT2D eigenvalue weighted by Crippen LogP contribution is 2.35. The maximum atomic E-state index is 11.8. The first-order valence-corrected chi connectivity index (χ1v) is 6.55. The number of benzene rings is 1. The molecule has 2 aliphatic rings. The van der Waals surface area contributed by atoms with Crippen LogP contribution < -0.4 is 9.47 Å². The minimum absolute atomic E-state index is 0.217. The Morgan fingerprint density at radius 3 is 3.11 bits per heavy atom. The van der Waals surface area contributed by atoms with E-state index in [-0.39, 0.29) is 12.7 Å². The van der Waals surface area contributed by atoms with E-state index in [1.54, 1.807) is 0 Å². The van der Waals surface area contributed by atoms with Crippen LogP contribution in [-0.2, 0) is 11.2 Å². The van der Waals surface area contributed by atoms with Crippen LogP contribution in [0.15, 0.2) is 30.9 Å². The quantitative estimate of drug-likeness (QED) is 0.776. The molecule has 0 aromatic heterocycles. The molecule has 0 aliphatic carbocycles. The molecule has 19 heavy (non-hydrogen) atoms. The first-order valence-electron chi connectivity index (χ1n) is 6.55. The van der Waals surface area contributed by atoms with Gasteiger partial charge in [0.15, 0.2) is 11.5 Å². The summed E-state index contributed by atoms with van der Waals surface area (Å²) in [5.41, 5.74) is 1.10. The van der Waals surface area contributed by atoms with Gasteiger partial charge in [-0.25, -0.2) is 0 Å². The summed E-state index contributed by atoms with van der Waals surface area (Å²) in [7, 11) is 0. The number of nitrogens with zero attached hydrogens (tertiary/aromatic N) is 1. The second kappa shape index (κ2) is 4.96. The molecule has 0 radical (unpaired) electrons. The number of rotatable bonds is 4. The van der Waals surface area contributed by atoms with E-state index in [1.807, 2.05) is 29.2 Å². The molecule has 1 aromatic carbocycles. The second-order valence-electron chi connectivity index (χ2n) is 4.94. The summed E-state index contributed by atoms with van der Waals surface area (Å²) in [5.74, 6) is 2.15. The summed E-state index contributed by atoms with van der Waals surface area (Å²) in [6, 6.07) is 5.89. The van der Waals surface area contributed by atoms with Gasteiger partial charge in [-0.15, -0.1) is 6.58 Å². The van der Waals surface area contributed by atoms with Crippen LogP contribution in [-0.4, -0.2) is 30.7 Å². The van der Waals surface area contributed by atoms with Crippen molar-refractivity contribution in [2.45, 2.75) is 12.8 Å². The molecule has 1 aromatic rings. The Morgan fingerprint density at radius 2 is 2.32 bits per heavy atom. The lowest BCUT2D eigenvalue weighted by Crippen LogP contribution is -2.27. The summed E-state index contributed by atoms with van der Waals surface area (Å²) in [5, 5.41) is 0. The zero-order valence-electron chi connectivity index (χ0n) is 10.8. The van der Waals surface area contributed by atoms with E-state index in [0.717, 1.165) is 36.6 Å². The number of hydrogen-bond donors (Lipinski definition) is 0. The topological polar surface area (TPSA) is 38.8 Å². The fourth-order valence-electron chi connectivity index (χ4n) is 2.62. The van der Waals surface area contributed by atoms with Crippen molar-refractivity contribution in [2.75, 3.05) is 19.9 Å². The summed E-state index contributed by atoms with van der Waals surface area (Å²) in [6.45, 7) is 5.56. The third-order valence-corrected chi connectivity index (χ3v) is 3.71. The Hall–Kier alpha value is -1.97. The SMILES string of the molecule is C=CC1CC(=O)N(CCc2cccc3c2OCO3)C1. The maximum Gasteiger partial charge on any atom is 0.231 e. The van der Waals surface area contributed by atoms with Crippen molar-refractivity contribution in [1.29, 1.82) is 0 Å². The predicted molar refractivity (Wildman–Crippen MR) is 71.2 cm³/mol. The Labute approximate surface area is 112 Å². The van der Waals surface area contributed by atoms with Gasteiger partial charge in [0.25, 0.3) is 0 Å². The fourth-order valence-corrected chi connectivity index (χ4v) is 2.62. The molecule has 0 spiro atoms. The van der Waals surface area contributed by atoms with Crippen molar-refractivity contribution < 1.29 is 14.3 Å². The number of carbonyl (C=O) groups excluding carboxylic acids is 1. The van der Waals surface area contributed by atoms with E-state index in [1.165, 1.54) is 0 Å². The fraction of sp³-hybridized carbons (Fsp3) is 0.400. The first kappa shape index (κ1) is 12.1. The summed E-state index contributed by atoms with van der Waals surface area (Å²) in [4.78, 5) is 13.7. The molecule has 2 aliphatic heterocycles. The first-order chi connectivity index (χ1) is 9.28. The second-order valence-corrected chi connectivity index (χ2v) is 4.94. The summed E-state index contributed by atoms with van der Waals surface area (Å²) >= 11 is 0. The average molecular weight is 259 g/mol. The van der Waals surface area contributed by atoms with E-state index in [4.69, 9.17) is 9.47 Å². The Kier molecular flexibility index (Phi) is 3.15. The van der Waals surface area contributed by atoms with Crippen molar-refractivity contribution in [2.24, 2.45) is 5.92 Å². The molecular formula is C15H17NO3. The number of hydrogen-bond acceptors (Lipinski definition) is 3.